The third-order valence-corrected chi connectivity index (χ3v) is 3.85. The third kappa shape index (κ3) is 5.02. The SMILES string of the molecule is O=C(CCOc1ccc(F)cc1)NC1CCC(C(=O)O)CC1. The van der Waals surface area contributed by atoms with Crippen molar-refractivity contribution in [2.75, 3.05) is 6.61 Å². The molecule has 0 aromatic heterocycles. The number of carboxylic acids is 1. The summed E-state index contributed by atoms with van der Waals surface area (Å²) >= 11 is 0. The summed E-state index contributed by atoms with van der Waals surface area (Å²) in [6.07, 6.45) is 2.82. The van der Waals surface area contributed by atoms with Crippen molar-refractivity contribution in [2.24, 2.45) is 5.92 Å². The van der Waals surface area contributed by atoms with Crippen molar-refractivity contribution in [3.8, 4) is 5.75 Å². The quantitative estimate of drug-likeness (QED) is 0.846. The lowest BCUT2D eigenvalue weighted by Gasteiger charge is -2.26. The van der Waals surface area contributed by atoms with E-state index >= 15 is 0 Å². The van der Waals surface area contributed by atoms with Crippen molar-refractivity contribution in [3.05, 3.63) is 30.1 Å². The minimum atomic E-state index is -0.752. The highest BCUT2D eigenvalue weighted by Gasteiger charge is 2.26. The average Bonchev–Trinajstić information content (AvgIpc) is 2.50. The van der Waals surface area contributed by atoms with Gasteiger partial charge in [0.05, 0.1) is 18.9 Å². The lowest BCUT2D eigenvalue weighted by molar-refractivity contribution is -0.142. The molecule has 0 heterocycles. The minimum Gasteiger partial charge on any atom is -0.493 e. The number of ether oxygens (including phenoxy) is 1. The molecule has 1 aliphatic rings. The molecule has 0 saturated heterocycles. The molecule has 6 heteroatoms. The van der Waals surface area contributed by atoms with Crippen LogP contribution in [0.3, 0.4) is 0 Å². The Bertz CT molecular complexity index is 509. The predicted molar refractivity (Wildman–Crippen MR) is 78.0 cm³/mol. The number of carbonyl (C=O) groups excluding carboxylic acids is 1. The van der Waals surface area contributed by atoms with Gasteiger partial charge in [-0.25, -0.2) is 4.39 Å². The number of nitrogens with one attached hydrogen (secondary N) is 1. The average molecular weight is 309 g/mol. The smallest absolute Gasteiger partial charge is 0.306 e. The van der Waals surface area contributed by atoms with Gasteiger partial charge >= 0.3 is 5.97 Å². The molecule has 1 aromatic rings. The van der Waals surface area contributed by atoms with Crippen LogP contribution in [0.4, 0.5) is 4.39 Å². The molecule has 2 N–H and O–H groups in total. The summed E-state index contributed by atoms with van der Waals surface area (Å²) in [6.45, 7) is 0.224. The molecular formula is C16H20FNO4. The van der Waals surface area contributed by atoms with Gasteiger partial charge in [-0.05, 0) is 49.9 Å². The molecule has 5 nitrogen and oxygen atoms in total. The lowest BCUT2D eigenvalue weighted by atomic mass is 9.86. The maximum atomic E-state index is 12.7. The highest BCUT2D eigenvalue weighted by Crippen LogP contribution is 2.24. The number of rotatable bonds is 6. The summed E-state index contributed by atoms with van der Waals surface area (Å²) in [6, 6.07) is 5.68. The fraction of sp³-hybridized carbons (Fsp3) is 0.500. The molecule has 0 bridgehead atoms. The predicted octanol–water partition coefficient (Wildman–Crippen LogP) is 2.35. The van der Waals surface area contributed by atoms with E-state index in [1.54, 1.807) is 0 Å². The van der Waals surface area contributed by atoms with Crippen LogP contribution in [0.2, 0.25) is 0 Å². The summed E-state index contributed by atoms with van der Waals surface area (Å²) < 4.78 is 18.1. The molecule has 0 spiro atoms. The summed E-state index contributed by atoms with van der Waals surface area (Å²) in [7, 11) is 0. The highest BCUT2D eigenvalue weighted by molar-refractivity contribution is 5.76. The number of carbonyl (C=O) groups is 2. The maximum absolute atomic E-state index is 12.7. The molecule has 0 unspecified atom stereocenters. The van der Waals surface area contributed by atoms with E-state index in [4.69, 9.17) is 9.84 Å². The first-order valence-corrected chi connectivity index (χ1v) is 7.45. The minimum absolute atomic E-state index is 0.0499. The van der Waals surface area contributed by atoms with Crippen LogP contribution in [0.1, 0.15) is 32.1 Å². The lowest BCUT2D eigenvalue weighted by Crippen LogP contribution is -2.39. The maximum Gasteiger partial charge on any atom is 0.306 e. The van der Waals surface area contributed by atoms with E-state index in [0.29, 0.717) is 31.4 Å². The van der Waals surface area contributed by atoms with Crippen LogP contribution in [0.15, 0.2) is 24.3 Å². The summed E-state index contributed by atoms with van der Waals surface area (Å²) in [4.78, 5) is 22.7. The van der Waals surface area contributed by atoms with Crippen molar-refractivity contribution in [3.63, 3.8) is 0 Å². The van der Waals surface area contributed by atoms with E-state index in [2.05, 4.69) is 5.32 Å². The summed E-state index contributed by atoms with van der Waals surface area (Å²) in [5.74, 6) is -0.952. The van der Waals surface area contributed by atoms with E-state index < -0.39 is 5.97 Å². The fourth-order valence-electron chi connectivity index (χ4n) is 2.58. The second-order valence-corrected chi connectivity index (χ2v) is 5.51. The highest BCUT2D eigenvalue weighted by atomic mass is 19.1. The number of hydrogen-bond donors (Lipinski definition) is 2. The van der Waals surface area contributed by atoms with Crippen LogP contribution >= 0.6 is 0 Å². The van der Waals surface area contributed by atoms with Crippen molar-refractivity contribution in [1.82, 2.24) is 5.32 Å². The van der Waals surface area contributed by atoms with Crippen LogP contribution in [-0.2, 0) is 9.59 Å². The number of amides is 1. The Balaban J connectivity index is 1.64. The van der Waals surface area contributed by atoms with E-state index in [1.807, 2.05) is 0 Å². The topological polar surface area (TPSA) is 75.6 Å². The monoisotopic (exact) mass is 309 g/mol. The van der Waals surface area contributed by atoms with Crippen molar-refractivity contribution < 1.29 is 23.8 Å². The number of halogens is 1. The number of carboxylic acid groups (broad SMARTS) is 1. The summed E-state index contributed by atoms with van der Waals surface area (Å²) in [5.41, 5.74) is 0. The molecule has 120 valence electrons. The molecule has 1 aromatic carbocycles. The van der Waals surface area contributed by atoms with E-state index in [9.17, 15) is 14.0 Å². The fourth-order valence-corrected chi connectivity index (χ4v) is 2.58. The molecular weight excluding hydrogens is 289 g/mol. The van der Waals surface area contributed by atoms with Gasteiger partial charge in [0.1, 0.15) is 11.6 Å². The van der Waals surface area contributed by atoms with Crippen LogP contribution in [0.5, 0.6) is 5.75 Å². The Morgan fingerprint density at radius 2 is 1.82 bits per heavy atom. The normalized spacial score (nSPS) is 21.1. The third-order valence-electron chi connectivity index (χ3n) is 3.85. The Labute approximate surface area is 128 Å². The second-order valence-electron chi connectivity index (χ2n) is 5.51. The van der Waals surface area contributed by atoms with E-state index in [0.717, 1.165) is 0 Å². The van der Waals surface area contributed by atoms with Crippen LogP contribution in [0.25, 0.3) is 0 Å². The van der Waals surface area contributed by atoms with Gasteiger partial charge in [-0.1, -0.05) is 0 Å². The van der Waals surface area contributed by atoms with E-state index in [-0.39, 0.29) is 36.7 Å². The molecule has 1 saturated carbocycles. The second kappa shape index (κ2) is 7.77. The Kier molecular flexibility index (Phi) is 5.75. The van der Waals surface area contributed by atoms with Gasteiger partial charge in [0.25, 0.3) is 0 Å². The molecule has 0 atom stereocenters. The van der Waals surface area contributed by atoms with E-state index in [1.165, 1.54) is 24.3 Å². The molecule has 0 radical (unpaired) electrons. The standard InChI is InChI=1S/C16H20FNO4/c17-12-3-7-14(8-4-12)22-10-9-15(19)18-13-5-1-11(2-6-13)16(20)21/h3-4,7-8,11,13H,1-2,5-6,9-10H2,(H,18,19)(H,20,21). The molecule has 2 rings (SSSR count). The van der Waals surface area contributed by atoms with Crippen LogP contribution in [0, 0.1) is 11.7 Å². The molecule has 1 fully saturated rings. The zero-order valence-electron chi connectivity index (χ0n) is 12.3. The van der Waals surface area contributed by atoms with Gasteiger partial charge < -0.3 is 15.2 Å². The van der Waals surface area contributed by atoms with Gasteiger partial charge in [-0.2, -0.15) is 0 Å². The van der Waals surface area contributed by atoms with Crippen molar-refractivity contribution in [2.45, 2.75) is 38.1 Å². The Morgan fingerprint density at radius 3 is 2.41 bits per heavy atom. The first-order chi connectivity index (χ1) is 10.5. The van der Waals surface area contributed by atoms with Crippen LogP contribution < -0.4 is 10.1 Å². The largest absolute Gasteiger partial charge is 0.493 e. The van der Waals surface area contributed by atoms with Gasteiger partial charge in [0.15, 0.2) is 0 Å². The molecule has 1 amide bonds. The zero-order chi connectivity index (χ0) is 15.9. The first-order valence-electron chi connectivity index (χ1n) is 7.45. The van der Waals surface area contributed by atoms with Crippen molar-refractivity contribution in [1.29, 1.82) is 0 Å². The van der Waals surface area contributed by atoms with Gasteiger partial charge in [0, 0.05) is 6.04 Å². The van der Waals surface area contributed by atoms with Crippen LogP contribution in [-0.4, -0.2) is 29.6 Å². The number of aliphatic carboxylic acids is 1. The van der Waals surface area contributed by atoms with Crippen molar-refractivity contribution >= 4 is 11.9 Å². The zero-order valence-corrected chi connectivity index (χ0v) is 12.3. The Morgan fingerprint density at radius 1 is 1.18 bits per heavy atom. The number of benzene rings is 1. The molecule has 0 aliphatic heterocycles. The first kappa shape index (κ1) is 16.3. The Hall–Kier alpha value is -2.11. The van der Waals surface area contributed by atoms with Gasteiger partial charge in [-0.3, -0.25) is 9.59 Å². The van der Waals surface area contributed by atoms with Gasteiger partial charge in [-0.15, -0.1) is 0 Å². The van der Waals surface area contributed by atoms with Gasteiger partial charge in [0.2, 0.25) is 5.91 Å². The molecule has 1 aliphatic carbocycles. The summed E-state index contributed by atoms with van der Waals surface area (Å²) in [5, 5.41) is 11.8. The number of hydrogen-bond acceptors (Lipinski definition) is 3. The molecule has 22 heavy (non-hydrogen) atoms.